The van der Waals surface area contributed by atoms with Gasteiger partial charge in [0.05, 0.1) is 11.6 Å². The number of rotatable bonds is 5. The second kappa shape index (κ2) is 7.09. The number of benzene rings is 2. The molecule has 0 aliphatic rings. The predicted octanol–water partition coefficient (Wildman–Crippen LogP) is 4.16. The number of esters is 1. The summed E-state index contributed by atoms with van der Waals surface area (Å²) in [6, 6.07) is 12.9. The van der Waals surface area contributed by atoms with Gasteiger partial charge in [-0.3, -0.25) is 0 Å². The van der Waals surface area contributed by atoms with Crippen LogP contribution in [0.1, 0.15) is 18.6 Å². The Bertz CT molecular complexity index is 616. The lowest BCUT2D eigenvalue weighted by Gasteiger charge is -2.18. The molecule has 110 valence electrons. The Labute approximate surface area is 127 Å². The normalized spacial score (nSPS) is 11.8. The first-order valence-electron chi connectivity index (χ1n) is 6.45. The second-order valence-electron chi connectivity index (χ2n) is 4.24. The summed E-state index contributed by atoms with van der Waals surface area (Å²) >= 11 is 5.71. The molecule has 0 aliphatic carbocycles. The van der Waals surface area contributed by atoms with Crippen LogP contribution in [0.15, 0.2) is 48.5 Å². The molecule has 0 spiro atoms. The first kappa shape index (κ1) is 15.3. The highest BCUT2D eigenvalue weighted by Crippen LogP contribution is 2.27. The van der Waals surface area contributed by atoms with E-state index in [1.807, 2.05) is 6.07 Å². The van der Waals surface area contributed by atoms with Crippen molar-refractivity contribution in [3.8, 4) is 5.75 Å². The molecule has 3 nitrogen and oxygen atoms in total. The van der Waals surface area contributed by atoms with E-state index in [-0.39, 0.29) is 11.6 Å². The zero-order valence-electron chi connectivity index (χ0n) is 11.4. The zero-order chi connectivity index (χ0) is 15.2. The van der Waals surface area contributed by atoms with Crippen LogP contribution in [0, 0.1) is 5.82 Å². The minimum atomic E-state index is -0.923. The largest absolute Gasteiger partial charge is 0.474 e. The quantitative estimate of drug-likeness (QED) is 0.778. The summed E-state index contributed by atoms with van der Waals surface area (Å²) in [7, 11) is 0. The summed E-state index contributed by atoms with van der Waals surface area (Å²) in [6.45, 7) is 1.96. The maximum Gasteiger partial charge on any atom is 0.352 e. The van der Waals surface area contributed by atoms with Crippen LogP contribution < -0.4 is 4.74 Å². The van der Waals surface area contributed by atoms with Gasteiger partial charge >= 0.3 is 5.97 Å². The monoisotopic (exact) mass is 308 g/mol. The molecule has 0 N–H and O–H groups in total. The third kappa shape index (κ3) is 3.95. The summed E-state index contributed by atoms with van der Waals surface area (Å²) < 4.78 is 23.8. The van der Waals surface area contributed by atoms with E-state index in [0.717, 1.165) is 0 Å². The van der Waals surface area contributed by atoms with E-state index in [4.69, 9.17) is 21.1 Å². The Morgan fingerprint density at radius 3 is 2.57 bits per heavy atom. The number of halogens is 2. The molecule has 2 aromatic carbocycles. The summed E-state index contributed by atoms with van der Waals surface area (Å²) in [5.41, 5.74) is 0.649. The van der Waals surface area contributed by atoms with Crippen LogP contribution in [-0.2, 0) is 9.53 Å². The van der Waals surface area contributed by atoms with Gasteiger partial charge in [0.15, 0.2) is 0 Å². The topological polar surface area (TPSA) is 35.5 Å². The van der Waals surface area contributed by atoms with Crippen LogP contribution in [-0.4, -0.2) is 12.6 Å². The van der Waals surface area contributed by atoms with Gasteiger partial charge in [-0.15, -0.1) is 0 Å². The SMILES string of the molecule is CCOC(=O)C(Oc1ccc(F)c(Cl)c1)c1ccccc1. The molecule has 5 heteroatoms. The van der Waals surface area contributed by atoms with Crippen molar-refractivity contribution in [1.29, 1.82) is 0 Å². The molecule has 0 bridgehead atoms. The number of ether oxygens (including phenoxy) is 2. The summed E-state index contributed by atoms with van der Waals surface area (Å²) in [4.78, 5) is 12.0. The number of carbonyl (C=O) groups excluding carboxylic acids is 1. The Kier molecular flexibility index (Phi) is 5.17. The fourth-order valence-corrected chi connectivity index (χ4v) is 1.95. The highest BCUT2D eigenvalue weighted by molar-refractivity contribution is 6.30. The van der Waals surface area contributed by atoms with E-state index in [1.165, 1.54) is 18.2 Å². The first-order valence-corrected chi connectivity index (χ1v) is 6.83. The molecular weight excluding hydrogens is 295 g/mol. The summed E-state index contributed by atoms with van der Waals surface area (Å²) in [5, 5.41) is -0.0665. The van der Waals surface area contributed by atoms with E-state index < -0.39 is 17.9 Å². The molecule has 1 unspecified atom stereocenters. The van der Waals surface area contributed by atoms with Crippen LogP contribution >= 0.6 is 11.6 Å². The van der Waals surface area contributed by atoms with Gasteiger partial charge in [0, 0.05) is 11.6 Å². The Hall–Kier alpha value is -2.07. The average Bonchev–Trinajstić information content (AvgIpc) is 2.49. The van der Waals surface area contributed by atoms with Gasteiger partial charge in [-0.05, 0) is 19.1 Å². The molecule has 2 aromatic rings. The molecule has 2 rings (SSSR count). The minimum absolute atomic E-state index is 0.0665. The highest BCUT2D eigenvalue weighted by atomic mass is 35.5. The molecule has 0 saturated carbocycles. The van der Waals surface area contributed by atoms with Crippen molar-refractivity contribution in [1.82, 2.24) is 0 Å². The third-order valence-corrected chi connectivity index (χ3v) is 3.04. The molecule has 0 aromatic heterocycles. The van der Waals surface area contributed by atoms with Crippen molar-refractivity contribution in [2.75, 3.05) is 6.61 Å². The first-order chi connectivity index (χ1) is 10.1. The molecule has 0 amide bonds. The van der Waals surface area contributed by atoms with Crippen molar-refractivity contribution in [2.45, 2.75) is 13.0 Å². The fraction of sp³-hybridized carbons (Fsp3) is 0.188. The Morgan fingerprint density at radius 1 is 1.24 bits per heavy atom. The smallest absolute Gasteiger partial charge is 0.352 e. The molecular formula is C16H14ClFO3. The number of hydrogen-bond acceptors (Lipinski definition) is 3. The Morgan fingerprint density at radius 2 is 1.95 bits per heavy atom. The highest BCUT2D eigenvalue weighted by Gasteiger charge is 2.24. The zero-order valence-corrected chi connectivity index (χ0v) is 12.1. The lowest BCUT2D eigenvalue weighted by Crippen LogP contribution is -2.21. The van der Waals surface area contributed by atoms with Crippen LogP contribution in [0.25, 0.3) is 0 Å². The van der Waals surface area contributed by atoms with Crippen LogP contribution in [0.4, 0.5) is 4.39 Å². The fourth-order valence-electron chi connectivity index (χ4n) is 1.78. The molecule has 0 fully saturated rings. The Balaban J connectivity index is 2.27. The predicted molar refractivity (Wildman–Crippen MR) is 77.9 cm³/mol. The van der Waals surface area contributed by atoms with E-state index in [1.54, 1.807) is 31.2 Å². The van der Waals surface area contributed by atoms with Crippen molar-refractivity contribution in [2.24, 2.45) is 0 Å². The van der Waals surface area contributed by atoms with E-state index in [2.05, 4.69) is 0 Å². The van der Waals surface area contributed by atoms with Gasteiger partial charge in [-0.25, -0.2) is 9.18 Å². The minimum Gasteiger partial charge on any atom is -0.474 e. The van der Waals surface area contributed by atoms with Crippen molar-refractivity contribution >= 4 is 17.6 Å². The van der Waals surface area contributed by atoms with Gasteiger partial charge in [-0.2, -0.15) is 0 Å². The van der Waals surface area contributed by atoms with Crippen LogP contribution in [0.5, 0.6) is 5.75 Å². The summed E-state index contributed by atoms with van der Waals surface area (Å²) in [6.07, 6.45) is -0.923. The molecule has 0 aliphatic heterocycles. The third-order valence-electron chi connectivity index (χ3n) is 2.75. The molecule has 21 heavy (non-hydrogen) atoms. The lowest BCUT2D eigenvalue weighted by molar-refractivity contribution is -0.151. The maximum absolute atomic E-state index is 13.2. The van der Waals surface area contributed by atoms with Crippen molar-refractivity contribution in [3.63, 3.8) is 0 Å². The van der Waals surface area contributed by atoms with E-state index in [0.29, 0.717) is 11.3 Å². The van der Waals surface area contributed by atoms with Gasteiger partial charge in [0.1, 0.15) is 11.6 Å². The van der Waals surface area contributed by atoms with E-state index in [9.17, 15) is 9.18 Å². The lowest BCUT2D eigenvalue weighted by atomic mass is 10.1. The van der Waals surface area contributed by atoms with Gasteiger partial charge in [0.2, 0.25) is 6.10 Å². The summed E-state index contributed by atoms with van der Waals surface area (Å²) in [5.74, 6) is -0.760. The second-order valence-corrected chi connectivity index (χ2v) is 4.64. The van der Waals surface area contributed by atoms with Crippen molar-refractivity contribution in [3.05, 3.63) is 64.9 Å². The van der Waals surface area contributed by atoms with E-state index >= 15 is 0 Å². The standard InChI is InChI=1S/C16H14ClFO3/c1-2-20-16(19)15(11-6-4-3-5-7-11)21-12-8-9-14(18)13(17)10-12/h3-10,15H,2H2,1H3. The molecule has 1 atom stereocenters. The average molecular weight is 309 g/mol. The van der Waals surface area contributed by atoms with Crippen LogP contribution in [0.3, 0.4) is 0 Å². The molecule has 0 saturated heterocycles. The van der Waals surface area contributed by atoms with Gasteiger partial charge < -0.3 is 9.47 Å². The van der Waals surface area contributed by atoms with Gasteiger partial charge in [-0.1, -0.05) is 41.9 Å². The van der Waals surface area contributed by atoms with Gasteiger partial charge in [0.25, 0.3) is 0 Å². The van der Waals surface area contributed by atoms with Crippen LogP contribution in [0.2, 0.25) is 5.02 Å². The molecule has 0 radical (unpaired) electrons. The number of carbonyl (C=O) groups is 1. The van der Waals surface area contributed by atoms with Crippen molar-refractivity contribution < 1.29 is 18.7 Å². The number of hydrogen-bond donors (Lipinski definition) is 0. The molecule has 0 heterocycles. The maximum atomic E-state index is 13.2.